The number of hydrogen-bond acceptors (Lipinski definition) is 4. The monoisotopic (exact) mass is 286 g/mol. The number of nitriles is 1. The molecule has 110 valence electrons. The van der Waals surface area contributed by atoms with E-state index in [1.54, 1.807) is 6.07 Å². The second kappa shape index (κ2) is 6.75. The van der Waals surface area contributed by atoms with Crippen LogP contribution < -0.4 is 16.0 Å². The third-order valence-corrected chi connectivity index (χ3v) is 3.65. The Hall–Kier alpha value is -2.55. The van der Waals surface area contributed by atoms with Crippen LogP contribution >= 0.6 is 0 Å². The number of amides is 2. The van der Waals surface area contributed by atoms with E-state index in [2.05, 4.69) is 10.2 Å². The molecule has 21 heavy (non-hydrogen) atoms. The van der Waals surface area contributed by atoms with Gasteiger partial charge in [-0.1, -0.05) is 0 Å². The first-order chi connectivity index (χ1) is 10.1. The van der Waals surface area contributed by atoms with Crippen LogP contribution in [0.1, 0.15) is 19.3 Å². The summed E-state index contributed by atoms with van der Waals surface area (Å²) in [4.78, 5) is 24.6. The maximum atomic E-state index is 11.3. The van der Waals surface area contributed by atoms with Crippen LogP contribution in [-0.2, 0) is 9.59 Å². The molecular weight excluding hydrogens is 268 g/mol. The van der Waals surface area contributed by atoms with E-state index in [-0.39, 0.29) is 24.2 Å². The zero-order chi connectivity index (χ0) is 15.2. The number of rotatable bonds is 4. The molecule has 1 aliphatic heterocycles. The number of anilines is 2. The molecule has 0 atom stereocenters. The van der Waals surface area contributed by atoms with Gasteiger partial charge in [0.15, 0.2) is 0 Å². The van der Waals surface area contributed by atoms with Gasteiger partial charge in [0.25, 0.3) is 0 Å². The van der Waals surface area contributed by atoms with Crippen LogP contribution in [0.4, 0.5) is 11.4 Å². The highest BCUT2D eigenvalue weighted by Gasteiger charge is 2.23. The fraction of sp³-hybridized carbons (Fsp3) is 0.400. The van der Waals surface area contributed by atoms with Crippen molar-refractivity contribution in [3.63, 3.8) is 0 Å². The van der Waals surface area contributed by atoms with Crippen molar-refractivity contribution >= 4 is 23.2 Å². The van der Waals surface area contributed by atoms with Crippen molar-refractivity contribution in [2.75, 3.05) is 23.3 Å². The van der Waals surface area contributed by atoms with E-state index in [0.29, 0.717) is 5.69 Å². The number of nitrogens with zero attached hydrogens (tertiary/aromatic N) is 2. The summed E-state index contributed by atoms with van der Waals surface area (Å²) in [5.41, 5.74) is 7.05. The molecule has 0 bridgehead atoms. The first-order valence-electron chi connectivity index (χ1n) is 6.91. The molecule has 1 aliphatic rings. The number of benzene rings is 1. The molecule has 1 saturated heterocycles. The third-order valence-electron chi connectivity index (χ3n) is 3.65. The van der Waals surface area contributed by atoms with Gasteiger partial charge in [-0.3, -0.25) is 9.59 Å². The summed E-state index contributed by atoms with van der Waals surface area (Å²) >= 11 is 0. The van der Waals surface area contributed by atoms with Gasteiger partial charge in [-0.15, -0.1) is 0 Å². The van der Waals surface area contributed by atoms with Crippen molar-refractivity contribution in [3.8, 4) is 6.07 Å². The number of primary amides is 1. The number of nitrogens with one attached hydrogen (secondary N) is 1. The number of piperidine rings is 1. The van der Waals surface area contributed by atoms with Gasteiger partial charge in [-0.05, 0) is 37.1 Å². The molecule has 1 aromatic carbocycles. The molecule has 0 aromatic heterocycles. The van der Waals surface area contributed by atoms with Crippen LogP contribution in [0.15, 0.2) is 24.3 Å². The Morgan fingerprint density at radius 3 is 2.43 bits per heavy atom. The second-order valence-corrected chi connectivity index (χ2v) is 5.09. The van der Waals surface area contributed by atoms with Gasteiger partial charge in [0.2, 0.25) is 11.8 Å². The van der Waals surface area contributed by atoms with Crippen LogP contribution in [0.25, 0.3) is 0 Å². The second-order valence-electron chi connectivity index (χ2n) is 5.09. The lowest BCUT2D eigenvalue weighted by atomic mass is 9.96. The maximum Gasteiger partial charge on any atom is 0.238 e. The molecular formula is C15H18N4O2. The number of carbonyl (C=O) groups excluding carboxylic acids is 2. The van der Waals surface area contributed by atoms with E-state index in [1.807, 2.05) is 24.3 Å². The van der Waals surface area contributed by atoms with Gasteiger partial charge in [-0.25, -0.2) is 0 Å². The zero-order valence-corrected chi connectivity index (χ0v) is 11.7. The summed E-state index contributed by atoms with van der Waals surface area (Å²) in [6.45, 7) is 1.60. The van der Waals surface area contributed by atoms with Crippen molar-refractivity contribution in [1.29, 1.82) is 5.26 Å². The van der Waals surface area contributed by atoms with Crippen LogP contribution in [0.3, 0.4) is 0 Å². The highest BCUT2D eigenvalue weighted by molar-refractivity contribution is 5.92. The minimum absolute atomic E-state index is 0.0224. The van der Waals surface area contributed by atoms with Crippen molar-refractivity contribution < 1.29 is 9.59 Å². The van der Waals surface area contributed by atoms with Gasteiger partial charge in [0.1, 0.15) is 6.42 Å². The van der Waals surface area contributed by atoms with Crippen molar-refractivity contribution in [1.82, 2.24) is 0 Å². The highest BCUT2D eigenvalue weighted by atomic mass is 16.2. The van der Waals surface area contributed by atoms with Crippen LogP contribution in [0.5, 0.6) is 0 Å². The van der Waals surface area contributed by atoms with E-state index in [1.165, 1.54) is 0 Å². The SMILES string of the molecule is N#CCC(=O)Nc1ccc(N2CCC(C(N)=O)CC2)cc1. The summed E-state index contributed by atoms with van der Waals surface area (Å²) in [6, 6.07) is 9.27. The van der Waals surface area contributed by atoms with Crippen molar-refractivity contribution in [2.45, 2.75) is 19.3 Å². The average molecular weight is 286 g/mol. The quantitative estimate of drug-likeness (QED) is 0.869. The third kappa shape index (κ3) is 3.96. The molecule has 2 rings (SSSR count). The molecule has 2 amide bonds. The molecule has 0 unspecified atom stereocenters. The molecule has 1 fully saturated rings. The normalized spacial score (nSPS) is 15.3. The van der Waals surface area contributed by atoms with E-state index < -0.39 is 0 Å². The molecule has 0 radical (unpaired) electrons. The summed E-state index contributed by atoms with van der Waals surface area (Å²) in [6.07, 6.45) is 1.40. The van der Waals surface area contributed by atoms with Crippen LogP contribution in [-0.4, -0.2) is 24.9 Å². The fourth-order valence-corrected chi connectivity index (χ4v) is 2.45. The molecule has 0 aliphatic carbocycles. The number of nitrogens with two attached hydrogens (primary N) is 1. The average Bonchev–Trinajstić information content (AvgIpc) is 2.48. The Morgan fingerprint density at radius 2 is 1.90 bits per heavy atom. The molecule has 0 spiro atoms. The van der Waals surface area contributed by atoms with Gasteiger partial charge >= 0.3 is 0 Å². The predicted octanol–water partition coefficient (Wildman–Crippen LogP) is 1.24. The molecule has 1 aromatic rings. The minimum atomic E-state index is -0.312. The largest absolute Gasteiger partial charge is 0.371 e. The molecule has 3 N–H and O–H groups in total. The summed E-state index contributed by atoms with van der Waals surface area (Å²) in [5, 5.41) is 11.1. The molecule has 0 saturated carbocycles. The Kier molecular flexibility index (Phi) is 4.77. The van der Waals surface area contributed by atoms with Gasteiger partial charge in [0, 0.05) is 30.4 Å². The Morgan fingerprint density at radius 1 is 1.29 bits per heavy atom. The molecule has 6 heteroatoms. The van der Waals surface area contributed by atoms with Gasteiger partial charge in [0.05, 0.1) is 6.07 Å². The van der Waals surface area contributed by atoms with Crippen LogP contribution in [0.2, 0.25) is 0 Å². The topological polar surface area (TPSA) is 99.2 Å². The first-order valence-corrected chi connectivity index (χ1v) is 6.91. The summed E-state index contributed by atoms with van der Waals surface area (Å²) in [7, 11) is 0. The predicted molar refractivity (Wildman–Crippen MR) is 79.4 cm³/mol. The van der Waals surface area contributed by atoms with E-state index >= 15 is 0 Å². The lowest BCUT2D eigenvalue weighted by Gasteiger charge is -2.32. The van der Waals surface area contributed by atoms with Gasteiger partial charge in [-0.2, -0.15) is 5.26 Å². The lowest BCUT2D eigenvalue weighted by molar-refractivity contribution is -0.122. The first kappa shape index (κ1) is 14.9. The summed E-state index contributed by atoms with van der Waals surface area (Å²) < 4.78 is 0. The minimum Gasteiger partial charge on any atom is -0.371 e. The Bertz CT molecular complexity index is 554. The van der Waals surface area contributed by atoms with Crippen molar-refractivity contribution in [3.05, 3.63) is 24.3 Å². The van der Waals surface area contributed by atoms with E-state index in [9.17, 15) is 9.59 Å². The summed E-state index contributed by atoms with van der Waals surface area (Å²) in [5.74, 6) is -0.552. The van der Waals surface area contributed by atoms with Crippen LogP contribution in [0, 0.1) is 17.2 Å². The highest BCUT2D eigenvalue weighted by Crippen LogP contribution is 2.24. The molecule has 1 heterocycles. The zero-order valence-electron chi connectivity index (χ0n) is 11.7. The number of carbonyl (C=O) groups is 2. The van der Waals surface area contributed by atoms with E-state index in [0.717, 1.165) is 31.6 Å². The lowest BCUT2D eigenvalue weighted by Crippen LogP contribution is -2.38. The van der Waals surface area contributed by atoms with E-state index in [4.69, 9.17) is 11.0 Å². The fourth-order valence-electron chi connectivity index (χ4n) is 2.45. The standard InChI is InChI=1S/C15H18N4O2/c16-8-5-14(20)18-12-1-3-13(4-2-12)19-9-6-11(7-10-19)15(17)21/h1-4,11H,5-7,9-10H2,(H2,17,21)(H,18,20). The van der Waals surface area contributed by atoms with Crippen molar-refractivity contribution in [2.24, 2.45) is 11.7 Å². The van der Waals surface area contributed by atoms with Gasteiger partial charge < -0.3 is 16.0 Å². The Labute approximate surface area is 123 Å². The Balaban J connectivity index is 1.92. The number of hydrogen-bond donors (Lipinski definition) is 2. The maximum absolute atomic E-state index is 11.3. The molecule has 6 nitrogen and oxygen atoms in total. The smallest absolute Gasteiger partial charge is 0.238 e.